The quantitative estimate of drug-likeness (QED) is 0.797. The number of rotatable bonds is 3. The molecule has 0 bridgehead atoms. The van der Waals surface area contributed by atoms with E-state index in [1.807, 2.05) is 24.3 Å². The van der Waals surface area contributed by atoms with Gasteiger partial charge in [0.25, 0.3) is 0 Å². The largest absolute Gasteiger partial charge is 0.383 e. The van der Waals surface area contributed by atoms with Gasteiger partial charge in [-0.05, 0) is 23.8 Å². The Bertz CT molecular complexity index is 767. The average Bonchev–Trinajstić information content (AvgIpc) is 2.77. The Labute approximate surface area is 115 Å². The fourth-order valence-corrected chi connectivity index (χ4v) is 2.22. The first-order chi connectivity index (χ1) is 9.69. The van der Waals surface area contributed by atoms with Crippen LogP contribution in [0.4, 0.5) is 10.2 Å². The number of anilines is 1. The zero-order valence-corrected chi connectivity index (χ0v) is 11.0. The van der Waals surface area contributed by atoms with Crippen molar-refractivity contribution in [1.29, 1.82) is 0 Å². The molecule has 0 saturated carbocycles. The molecule has 102 valence electrons. The summed E-state index contributed by atoms with van der Waals surface area (Å²) in [6, 6.07) is 10.8. The van der Waals surface area contributed by atoms with Crippen molar-refractivity contribution in [2.75, 3.05) is 12.8 Å². The highest BCUT2D eigenvalue weighted by atomic mass is 19.1. The highest BCUT2D eigenvalue weighted by Crippen LogP contribution is 2.27. The summed E-state index contributed by atoms with van der Waals surface area (Å²) in [6.45, 7) is 0.524. The first kappa shape index (κ1) is 12.6. The number of nitrogen functional groups attached to an aromatic ring is 1. The number of halogens is 1. The minimum Gasteiger partial charge on any atom is -0.383 e. The number of pyridine rings is 1. The topological polar surface area (TPSA) is 52.5 Å². The Balaban J connectivity index is 2.14. The third-order valence-corrected chi connectivity index (χ3v) is 3.13. The molecule has 0 saturated heterocycles. The lowest BCUT2D eigenvalue weighted by atomic mass is 10.1. The summed E-state index contributed by atoms with van der Waals surface area (Å²) in [5, 5.41) is 0. The van der Waals surface area contributed by atoms with E-state index >= 15 is 0 Å². The van der Waals surface area contributed by atoms with Crippen molar-refractivity contribution in [2.45, 2.75) is 6.61 Å². The molecular weight excluding hydrogens is 257 g/mol. The number of ether oxygens (including phenoxy) is 1. The van der Waals surface area contributed by atoms with Gasteiger partial charge in [-0.25, -0.2) is 9.37 Å². The number of aromatic nitrogens is 2. The molecule has 3 rings (SSSR count). The van der Waals surface area contributed by atoms with Crippen LogP contribution in [0.1, 0.15) is 5.56 Å². The zero-order chi connectivity index (χ0) is 14.1. The van der Waals surface area contributed by atoms with Gasteiger partial charge in [0.15, 0.2) is 0 Å². The van der Waals surface area contributed by atoms with Crippen LogP contribution in [0.25, 0.3) is 16.9 Å². The van der Waals surface area contributed by atoms with Gasteiger partial charge in [-0.15, -0.1) is 0 Å². The molecule has 3 aromatic rings. The van der Waals surface area contributed by atoms with E-state index in [0.717, 1.165) is 11.1 Å². The Morgan fingerprint density at radius 3 is 2.95 bits per heavy atom. The molecule has 2 N–H and O–H groups in total. The van der Waals surface area contributed by atoms with E-state index in [-0.39, 0.29) is 5.82 Å². The molecule has 2 aromatic heterocycles. The lowest BCUT2D eigenvalue weighted by Gasteiger charge is -2.03. The summed E-state index contributed by atoms with van der Waals surface area (Å²) >= 11 is 0. The van der Waals surface area contributed by atoms with Crippen molar-refractivity contribution in [2.24, 2.45) is 0 Å². The van der Waals surface area contributed by atoms with Crippen molar-refractivity contribution < 1.29 is 9.13 Å². The number of methoxy groups -OCH3 is 1. The number of nitrogens with zero attached hydrogens (tertiary/aromatic N) is 2. The molecule has 2 heterocycles. The van der Waals surface area contributed by atoms with Crippen LogP contribution in [0, 0.1) is 5.82 Å². The van der Waals surface area contributed by atoms with Crippen molar-refractivity contribution in [3.8, 4) is 11.3 Å². The molecule has 0 spiro atoms. The minimum absolute atomic E-state index is 0.346. The van der Waals surface area contributed by atoms with Crippen LogP contribution >= 0.6 is 0 Å². The molecule has 1 aromatic carbocycles. The molecular formula is C15H14FN3O. The van der Waals surface area contributed by atoms with Crippen molar-refractivity contribution in [3.63, 3.8) is 0 Å². The van der Waals surface area contributed by atoms with Crippen LogP contribution in [0.15, 0.2) is 42.6 Å². The minimum atomic E-state index is -0.346. The molecule has 0 aliphatic heterocycles. The summed E-state index contributed by atoms with van der Waals surface area (Å²) in [5.74, 6) is 0.0790. The number of nitrogens with two attached hydrogens (primary N) is 1. The monoisotopic (exact) mass is 271 g/mol. The first-order valence-corrected chi connectivity index (χ1v) is 6.20. The van der Waals surface area contributed by atoms with Gasteiger partial charge in [0.05, 0.1) is 6.61 Å². The van der Waals surface area contributed by atoms with E-state index in [1.165, 1.54) is 12.3 Å². The standard InChI is InChI=1S/C15H14FN3O/c1-20-9-10-3-2-4-11(7-10)14-15(17)19-8-12(16)5-6-13(19)18-14/h2-8H,9,17H2,1H3. The van der Waals surface area contributed by atoms with E-state index in [1.54, 1.807) is 17.6 Å². The SMILES string of the molecule is COCc1cccc(-c2nc3ccc(F)cn3c2N)c1. The number of benzene rings is 1. The Morgan fingerprint density at radius 1 is 1.30 bits per heavy atom. The second-order valence-corrected chi connectivity index (χ2v) is 4.55. The summed E-state index contributed by atoms with van der Waals surface area (Å²) in [7, 11) is 1.65. The second-order valence-electron chi connectivity index (χ2n) is 4.55. The molecule has 0 fully saturated rings. The van der Waals surface area contributed by atoms with Gasteiger partial charge >= 0.3 is 0 Å². The Morgan fingerprint density at radius 2 is 2.15 bits per heavy atom. The summed E-state index contributed by atoms with van der Waals surface area (Å²) < 4.78 is 19.9. The molecule has 4 nitrogen and oxygen atoms in total. The Hall–Kier alpha value is -2.40. The fraction of sp³-hybridized carbons (Fsp3) is 0.133. The van der Waals surface area contributed by atoms with Crippen LogP contribution in [0.3, 0.4) is 0 Å². The summed E-state index contributed by atoms with van der Waals surface area (Å²) in [5.41, 5.74) is 9.26. The maximum absolute atomic E-state index is 13.3. The van der Waals surface area contributed by atoms with Gasteiger partial charge in [0, 0.05) is 18.9 Å². The number of hydrogen-bond donors (Lipinski definition) is 1. The van der Waals surface area contributed by atoms with Crippen LogP contribution in [-0.4, -0.2) is 16.5 Å². The maximum Gasteiger partial charge on any atom is 0.140 e. The van der Waals surface area contributed by atoms with Crippen molar-refractivity contribution in [1.82, 2.24) is 9.38 Å². The van der Waals surface area contributed by atoms with Crippen molar-refractivity contribution >= 4 is 11.5 Å². The van der Waals surface area contributed by atoms with Crippen molar-refractivity contribution in [3.05, 3.63) is 54.0 Å². The van der Waals surface area contributed by atoms with Crippen LogP contribution in [0.5, 0.6) is 0 Å². The molecule has 0 amide bonds. The molecule has 5 heteroatoms. The van der Waals surface area contributed by atoms with Gasteiger partial charge in [-0.2, -0.15) is 0 Å². The zero-order valence-electron chi connectivity index (χ0n) is 11.0. The lowest BCUT2D eigenvalue weighted by molar-refractivity contribution is 0.185. The van der Waals surface area contributed by atoms with E-state index in [0.29, 0.717) is 23.8 Å². The molecule has 0 atom stereocenters. The van der Waals surface area contributed by atoms with E-state index < -0.39 is 0 Å². The fourth-order valence-electron chi connectivity index (χ4n) is 2.22. The van der Waals surface area contributed by atoms with Crippen LogP contribution in [0.2, 0.25) is 0 Å². The predicted molar refractivity (Wildman–Crippen MR) is 75.7 cm³/mol. The molecule has 0 unspecified atom stereocenters. The summed E-state index contributed by atoms with van der Waals surface area (Å²) in [4.78, 5) is 4.46. The van der Waals surface area contributed by atoms with E-state index in [2.05, 4.69) is 4.98 Å². The number of fused-ring (bicyclic) bond motifs is 1. The van der Waals surface area contributed by atoms with Gasteiger partial charge in [0.2, 0.25) is 0 Å². The number of imidazole rings is 1. The summed E-state index contributed by atoms with van der Waals surface area (Å²) in [6.07, 6.45) is 1.33. The maximum atomic E-state index is 13.3. The molecule has 20 heavy (non-hydrogen) atoms. The molecule has 0 aliphatic rings. The highest BCUT2D eigenvalue weighted by molar-refractivity contribution is 5.75. The lowest BCUT2D eigenvalue weighted by Crippen LogP contribution is -1.95. The van der Waals surface area contributed by atoms with E-state index in [4.69, 9.17) is 10.5 Å². The van der Waals surface area contributed by atoms with Gasteiger partial charge < -0.3 is 10.5 Å². The first-order valence-electron chi connectivity index (χ1n) is 6.20. The van der Waals surface area contributed by atoms with Gasteiger partial charge in [0.1, 0.15) is 23.0 Å². The van der Waals surface area contributed by atoms with E-state index in [9.17, 15) is 4.39 Å². The van der Waals surface area contributed by atoms with Gasteiger partial charge in [-0.1, -0.05) is 18.2 Å². The molecule has 0 radical (unpaired) electrons. The highest BCUT2D eigenvalue weighted by Gasteiger charge is 2.12. The van der Waals surface area contributed by atoms with Crippen LogP contribution < -0.4 is 5.73 Å². The Kier molecular flexibility index (Phi) is 3.12. The molecule has 0 aliphatic carbocycles. The number of hydrogen-bond acceptors (Lipinski definition) is 3. The second kappa shape index (κ2) is 4.94. The van der Waals surface area contributed by atoms with Gasteiger partial charge in [-0.3, -0.25) is 4.40 Å². The third kappa shape index (κ3) is 2.12. The normalized spacial score (nSPS) is 11.1. The predicted octanol–water partition coefficient (Wildman–Crippen LogP) is 2.87. The third-order valence-electron chi connectivity index (χ3n) is 3.13. The smallest absolute Gasteiger partial charge is 0.140 e. The average molecular weight is 271 g/mol. The van der Waals surface area contributed by atoms with Crippen LogP contribution in [-0.2, 0) is 11.3 Å².